The van der Waals surface area contributed by atoms with Crippen LogP contribution in [0.15, 0.2) is 66.8 Å². The van der Waals surface area contributed by atoms with E-state index in [9.17, 15) is 13.6 Å². The van der Waals surface area contributed by atoms with Crippen molar-refractivity contribution in [1.29, 1.82) is 0 Å². The fourth-order valence-corrected chi connectivity index (χ4v) is 5.16. The molecule has 11 heteroatoms. The van der Waals surface area contributed by atoms with Crippen LogP contribution in [0.3, 0.4) is 0 Å². The molecule has 0 unspecified atom stereocenters. The molecule has 0 aliphatic carbocycles. The van der Waals surface area contributed by atoms with E-state index < -0.39 is 23.4 Å². The molecule has 0 spiro atoms. The van der Waals surface area contributed by atoms with Gasteiger partial charge in [0.25, 0.3) is 5.91 Å². The van der Waals surface area contributed by atoms with Crippen molar-refractivity contribution in [3.05, 3.63) is 89.6 Å². The lowest BCUT2D eigenvalue weighted by atomic mass is 9.96. The Kier molecular flexibility index (Phi) is 7.34. The number of methoxy groups -OCH3 is 1. The first-order valence-corrected chi connectivity index (χ1v) is 13.3. The lowest BCUT2D eigenvalue weighted by Crippen LogP contribution is -2.49. The normalized spacial score (nSPS) is 13.8. The minimum Gasteiger partial charge on any atom is -0.467 e. The van der Waals surface area contributed by atoms with Gasteiger partial charge in [-0.25, -0.2) is 13.2 Å². The van der Waals surface area contributed by atoms with Crippen LogP contribution in [0.4, 0.5) is 19.0 Å². The second-order valence-corrected chi connectivity index (χ2v) is 9.71. The monoisotopic (exact) mass is 580 g/mol. The molecule has 0 saturated carbocycles. The summed E-state index contributed by atoms with van der Waals surface area (Å²) in [5, 5.41) is 0.919. The number of rotatable bonds is 5. The molecule has 6 rings (SSSR count). The number of halogens is 3. The molecule has 8 nitrogen and oxygen atoms in total. The maximum absolute atomic E-state index is 16.2. The highest BCUT2D eigenvalue weighted by Gasteiger charge is 2.28. The van der Waals surface area contributed by atoms with Gasteiger partial charge in [-0.05, 0) is 24.3 Å². The summed E-state index contributed by atoms with van der Waals surface area (Å²) >= 11 is 0. The molecule has 0 atom stereocenters. The first-order valence-electron chi connectivity index (χ1n) is 13.3. The second-order valence-electron chi connectivity index (χ2n) is 9.71. The molecule has 214 valence electrons. The molecule has 0 radical (unpaired) electrons. The molecule has 1 fully saturated rings. The Morgan fingerprint density at radius 3 is 2.53 bits per heavy atom. The number of nitrogens with zero attached hydrogens (tertiary/aromatic N) is 6. The maximum atomic E-state index is 16.2. The number of hydrogen-bond acceptors (Lipinski definition) is 7. The summed E-state index contributed by atoms with van der Waals surface area (Å²) in [7, 11) is 1.37. The highest BCUT2D eigenvalue weighted by atomic mass is 19.1. The molecule has 0 bridgehead atoms. The quantitative estimate of drug-likeness (QED) is 0.210. The Labute approximate surface area is 244 Å². The summed E-state index contributed by atoms with van der Waals surface area (Å²) in [6, 6.07) is 12.5. The van der Waals surface area contributed by atoms with Crippen LogP contribution in [-0.2, 0) is 4.79 Å². The van der Waals surface area contributed by atoms with Gasteiger partial charge in [0.1, 0.15) is 22.8 Å². The smallest absolute Gasteiger partial charge is 0.318 e. The number of carbonyl (C=O) groups is 1. The minimum absolute atomic E-state index is 0.0506. The van der Waals surface area contributed by atoms with Gasteiger partial charge in [-0.1, -0.05) is 30.2 Å². The van der Waals surface area contributed by atoms with Crippen LogP contribution in [-0.4, -0.2) is 64.0 Å². The van der Waals surface area contributed by atoms with Gasteiger partial charge in [0.15, 0.2) is 11.6 Å². The van der Waals surface area contributed by atoms with Crippen LogP contribution in [0.2, 0.25) is 0 Å². The van der Waals surface area contributed by atoms with Gasteiger partial charge in [0, 0.05) is 66.5 Å². The molecular formula is C32H23F3N6O2. The van der Waals surface area contributed by atoms with Gasteiger partial charge in [0.2, 0.25) is 0 Å². The number of fused-ring (bicyclic) bond motifs is 2. The Hall–Kier alpha value is -5.50. The van der Waals surface area contributed by atoms with Crippen molar-refractivity contribution in [3.8, 4) is 29.6 Å². The minimum atomic E-state index is -0.915. The highest BCUT2D eigenvalue weighted by molar-refractivity contribution is 6.02. The number of anilines is 1. The molecule has 1 amide bonds. The first-order chi connectivity index (χ1) is 20.9. The fraction of sp³-hybridized carbons (Fsp3) is 0.156. The van der Waals surface area contributed by atoms with Gasteiger partial charge in [-0.15, -0.1) is 6.42 Å². The summed E-state index contributed by atoms with van der Waals surface area (Å²) in [6.07, 6.45) is 9.74. The largest absolute Gasteiger partial charge is 0.467 e. The molecular weight excluding hydrogens is 557 g/mol. The molecule has 2 aromatic carbocycles. The topological polar surface area (TPSA) is 84.3 Å². The van der Waals surface area contributed by atoms with Crippen molar-refractivity contribution in [2.45, 2.75) is 0 Å². The number of benzene rings is 2. The summed E-state index contributed by atoms with van der Waals surface area (Å²) in [6.45, 7) is 0.964. The predicted molar refractivity (Wildman–Crippen MR) is 157 cm³/mol. The average molecular weight is 581 g/mol. The van der Waals surface area contributed by atoms with E-state index in [1.54, 1.807) is 36.4 Å². The van der Waals surface area contributed by atoms with E-state index in [1.807, 2.05) is 4.90 Å². The standard InChI is InChI=1S/C32H23F3N6O2/c1-3-19-10-11-24(33)21-8-6-9-22(26(19)21)28-27(35)29-23(18-37-28)30(39-32(38-29)43-2)40-13-15-41(16-14-40)31(42)25(34)17-20-7-4-5-12-36-20/h1,4-12,17-18H,13-16H2,2H3/b25-17-. The zero-order chi connectivity index (χ0) is 30.1. The Morgan fingerprint density at radius 2 is 1.81 bits per heavy atom. The third kappa shape index (κ3) is 5.08. The van der Waals surface area contributed by atoms with Crippen molar-refractivity contribution >= 4 is 39.5 Å². The van der Waals surface area contributed by atoms with Gasteiger partial charge < -0.3 is 14.5 Å². The SMILES string of the molecule is C#Cc1ccc(F)c2cccc(-c3ncc4c(N5CCN(C(=O)/C(F)=C/c6ccccn6)CC5)nc(OC)nc4c3F)c12. The Morgan fingerprint density at radius 1 is 1.00 bits per heavy atom. The van der Waals surface area contributed by atoms with Crippen molar-refractivity contribution < 1.29 is 22.7 Å². The lowest BCUT2D eigenvalue weighted by Gasteiger charge is -2.35. The van der Waals surface area contributed by atoms with E-state index in [1.165, 1.54) is 36.5 Å². The molecule has 1 aliphatic heterocycles. The van der Waals surface area contributed by atoms with Crippen LogP contribution < -0.4 is 9.64 Å². The summed E-state index contributed by atoms with van der Waals surface area (Å²) in [5.74, 6) is -0.0185. The Balaban J connectivity index is 1.34. The van der Waals surface area contributed by atoms with Crippen molar-refractivity contribution in [2.75, 3.05) is 38.2 Å². The van der Waals surface area contributed by atoms with E-state index in [0.717, 1.165) is 6.08 Å². The van der Waals surface area contributed by atoms with Crippen LogP contribution in [0.1, 0.15) is 11.3 Å². The van der Waals surface area contributed by atoms with Crippen LogP contribution in [0.5, 0.6) is 6.01 Å². The summed E-state index contributed by atoms with van der Waals surface area (Å²) in [4.78, 5) is 33.1. The maximum Gasteiger partial charge on any atom is 0.318 e. The first kappa shape index (κ1) is 27.7. The van der Waals surface area contributed by atoms with Crippen LogP contribution in [0.25, 0.3) is 39.0 Å². The van der Waals surface area contributed by atoms with Crippen molar-refractivity contribution in [2.24, 2.45) is 0 Å². The number of hydrogen-bond donors (Lipinski definition) is 0. The Bertz CT molecular complexity index is 1950. The van der Waals surface area contributed by atoms with Crippen molar-refractivity contribution in [3.63, 3.8) is 0 Å². The third-order valence-electron chi connectivity index (χ3n) is 7.26. The number of amides is 1. The second kappa shape index (κ2) is 11.4. The van der Waals surface area contributed by atoms with Gasteiger partial charge in [-0.3, -0.25) is 14.8 Å². The number of carbonyl (C=O) groups excluding carboxylic acids is 1. The van der Waals surface area contributed by atoms with Crippen LogP contribution >= 0.6 is 0 Å². The lowest BCUT2D eigenvalue weighted by molar-refractivity contribution is -0.128. The third-order valence-corrected chi connectivity index (χ3v) is 7.26. The zero-order valence-electron chi connectivity index (χ0n) is 22.9. The number of aromatic nitrogens is 4. The molecule has 1 saturated heterocycles. The molecule has 43 heavy (non-hydrogen) atoms. The predicted octanol–water partition coefficient (Wildman–Crippen LogP) is 5.17. The zero-order valence-corrected chi connectivity index (χ0v) is 22.9. The molecule has 3 aromatic heterocycles. The molecule has 0 N–H and O–H groups in total. The fourth-order valence-electron chi connectivity index (χ4n) is 5.16. The van der Waals surface area contributed by atoms with E-state index in [-0.39, 0.29) is 48.8 Å². The van der Waals surface area contributed by atoms with Gasteiger partial charge in [0.05, 0.1) is 18.2 Å². The number of ether oxygens (including phenoxy) is 1. The number of piperazine rings is 1. The number of terminal acetylenes is 1. The number of pyridine rings is 2. The van der Waals surface area contributed by atoms with Crippen molar-refractivity contribution in [1.82, 2.24) is 24.8 Å². The summed E-state index contributed by atoms with van der Waals surface area (Å²) < 4.78 is 50.9. The highest BCUT2D eigenvalue weighted by Crippen LogP contribution is 2.36. The molecule has 1 aliphatic rings. The van der Waals surface area contributed by atoms with Gasteiger partial charge in [-0.2, -0.15) is 9.97 Å². The van der Waals surface area contributed by atoms with Crippen LogP contribution in [0, 0.1) is 24.0 Å². The van der Waals surface area contributed by atoms with E-state index in [0.29, 0.717) is 33.4 Å². The summed E-state index contributed by atoms with van der Waals surface area (Å²) in [5.41, 5.74) is 0.941. The van der Waals surface area contributed by atoms with E-state index in [4.69, 9.17) is 11.2 Å². The van der Waals surface area contributed by atoms with E-state index in [2.05, 4.69) is 25.9 Å². The molecule has 4 heterocycles. The van der Waals surface area contributed by atoms with Gasteiger partial charge >= 0.3 is 6.01 Å². The molecule has 5 aromatic rings. The average Bonchev–Trinajstić information content (AvgIpc) is 3.05. The van der Waals surface area contributed by atoms with E-state index >= 15 is 4.39 Å².